The van der Waals surface area contributed by atoms with Crippen LogP contribution in [0, 0.1) is 0 Å². The van der Waals surface area contributed by atoms with E-state index in [0.29, 0.717) is 19.6 Å². The van der Waals surface area contributed by atoms with Gasteiger partial charge in [0.15, 0.2) is 0 Å². The number of hydroxylamine groups is 1. The Morgan fingerprint density at radius 2 is 2.16 bits per heavy atom. The minimum absolute atomic E-state index is 0.164. The first-order chi connectivity index (χ1) is 9.16. The molecule has 2 N–H and O–H groups in total. The van der Waals surface area contributed by atoms with E-state index in [4.69, 9.17) is 9.94 Å². The third-order valence-corrected chi connectivity index (χ3v) is 3.81. The summed E-state index contributed by atoms with van der Waals surface area (Å²) in [5, 5.41) is 9.01. The van der Waals surface area contributed by atoms with E-state index >= 15 is 0 Å². The monoisotopic (exact) mass is 282 g/mol. The Kier molecular flexibility index (Phi) is 5.28. The highest BCUT2D eigenvalue weighted by atomic mass is 31.0. The predicted molar refractivity (Wildman–Crippen MR) is 75.2 cm³/mol. The van der Waals surface area contributed by atoms with Crippen LogP contribution in [0.25, 0.3) is 0 Å². The van der Waals surface area contributed by atoms with E-state index in [-0.39, 0.29) is 6.04 Å². The van der Waals surface area contributed by atoms with Crippen molar-refractivity contribution in [2.24, 2.45) is 0 Å². The van der Waals surface area contributed by atoms with Crippen LogP contribution in [0.2, 0.25) is 0 Å². The minimum Gasteiger partial charge on any atom is -0.480 e. The molecule has 0 aromatic heterocycles. The van der Waals surface area contributed by atoms with Crippen LogP contribution in [0.4, 0.5) is 0 Å². The van der Waals surface area contributed by atoms with Crippen LogP contribution in [0.5, 0.6) is 0 Å². The second-order valence-corrected chi connectivity index (χ2v) is 5.38. The number of nitrogens with zero attached hydrogens (tertiary/aromatic N) is 1. The maximum Gasteiger partial charge on any atom is 0.321 e. The van der Waals surface area contributed by atoms with Gasteiger partial charge in [-0.3, -0.25) is 14.3 Å². The Labute approximate surface area is 115 Å². The van der Waals surface area contributed by atoms with E-state index in [0.717, 1.165) is 12.0 Å². The van der Waals surface area contributed by atoms with Gasteiger partial charge in [-0.2, -0.15) is 5.48 Å². The SMILES string of the molecule is O=C(O)[C@@H]1CC[C@@H](NOCc2ccccc2)CN1P. The molecule has 1 aromatic carbocycles. The van der Waals surface area contributed by atoms with Crippen molar-refractivity contribution < 1.29 is 14.7 Å². The van der Waals surface area contributed by atoms with E-state index in [1.54, 1.807) is 4.67 Å². The Hall–Kier alpha value is -1.000. The average molecular weight is 282 g/mol. The van der Waals surface area contributed by atoms with Crippen LogP contribution in [0.3, 0.4) is 0 Å². The number of carboxylic acids is 1. The van der Waals surface area contributed by atoms with Crippen LogP contribution in [0.15, 0.2) is 30.3 Å². The van der Waals surface area contributed by atoms with Crippen molar-refractivity contribution in [2.45, 2.75) is 31.5 Å². The van der Waals surface area contributed by atoms with E-state index in [1.165, 1.54) is 0 Å². The van der Waals surface area contributed by atoms with Gasteiger partial charge in [-0.05, 0) is 18.4 Å². The lowest BCUT2D eigenvalue weighted by Gasteiger charge is -2.34. The molecule has 104 valence electrons. The van der Waals surface area contributed by atoms with Crippen LogP contribution in [0.1, 0.15) is 18.4 Å². The van der Waals surface area contributed by atoms with Crippen LogP contribution in [-0.2, 0) is 16.2 Å². The lowest BCUT2D eigenvalue weighted by atomic mass is 10.0. The summed E-state index contributed by atoms with van der Waals surface area (Å²) in [5.41, 5.74) is 4.12. The maximum absolute atomic E-state index is 11.0. The molecular formula is C13H19N2O3P. The largest absolute Gasteiger partial charge is 0.480 e. The fourth-order valence-electron chi connectivity index (χ4n) is 2.18. The van der Waals surface area contributed by atoms with Gasteiger partial charge in [0.1, 0.15) is 6.04 Å². The second kappa shape index (κ2) is 6.96. The van der Waals surface area contributed by atoms with E-state index in [1.807, 2.05) is 30.3 Å². The molecule has 1 unspecified atom stereocenters. The summed E-state index contributed by atoms with van der Waals surface area (Å²) in [7, 11) is 2.48. The number of hydrogen-bond donors (Lipinski definition) is 2. The molecule has 19 heavy (non-hydrogen) atoms. The van der Waals surface area contributed by atoms with Crippen molar-refractivity contribution >= 4 is 15.4 Å². The van der Waals surface area contributed by atoms with E-state index in [2.05, 4.69) is 14.9 Å². The van der Waals surface area contributed by atoms with E-state index in [9.17, 15) is 4.79 Å². The number of piperidine rings is 1. The zero-order valence-electron chi connectivity index (χ0n) is 10.7. The quantitative estimate of drug-likeness (QED) is 0.631. The Morgan fingerprint density at radius 1 is 1.42 bits per heavy atom. The predicted octanol–water partition coefficient (Wildman–Crippen LogP) is 1.42. The molecule has 3 atom stereocenters. The second-order valence-electron chi connectivity index (χ2n) is 4.72. The topological polar surface area (TPSA) is 61.8 Å². The third kappa shape index (κ3) is 4.25. The molecule has 0 saturated carbocycles. The zero-order valence-corrected chi connectivity index (χ0v) is 11.8. The summed E-state index contributed by atoms with van der Waals surface area (Å²) < 4.78 is 1.77. The molecule has 0 radical (unpaired) electrons. The van der Waals surface area contributed by atoms with Crippen molar-refractivity contribution in [3.05, 3.63) is 35.9 Å². The zero-order chi connectivity index (χ0) is 13.7. The van der Waals surface area contributed by atoms with Gasteiger partial charge in [-0.1, -0.05) is 39.7 Å². The van der Waals surface area contributed by atoms with Gasteiger partial charge < -0.3 is 5.11 Å². The highest BCUT2D eigenvalue weighted by molar-refractivity contribution is 7.13. The number of rotatable bonds is 5. The molecule has 1 saturated heterocycles. The van der Waals surface area contributed by atoms with Gasteiger partial charge in [-0.25, -0.2) is 0 Å². The number of carbonyl (C=O) groups is 1. The minimum atomic E-state index is -0.765. The summed E-state index contributed by atoms with van der Waals surface area (Å²) in [5.74, 6) is -0.765. The van der Waals surface area contributed by atoms with Crippen molar-refractivity contribution in [1.82, 2.24) is 10.2 Å². The number of benzene rings is 1. The van der Waals surface area contributed by atoms with Crippen LogP contribution < -0.4 is 5.48 Å². The van der Waals surface area contributed by atoms with Gasteiger partial charge in [-0.15, -0.1) is 0 Å². The first-order valence-corrected chi connectivity index (χ1v) is 6.84. The lowest BCUT2D eigenvalue weighted by Crippen LogP contribution is -2.48. The number of hydrogen-bond acceptors (Lipinski definition) is 4. The number of carboxylic acid groups (broad SMARTS) is 1. The fourth-order valence-corrected chi connectivity index (χ4v) is 2.71. The number of nitrogens with one attached hydrogen (secondary N) is 1. The molecule has 0 spiro atoms. The molecule has 0 aliphatic carbocycles. The molecule has 6 heteroatoms. The van der Waals surface area contributed by atoms with Crippen LogP contribution in [-0.4, -0.2) is 34.4 Å². The summed E-state index contributed by atoms with van der Waals surface area (Å²) >= 11 is 0. The molecule has 0 amide bonds. The molecule has 0 bridgehead atoms. The standard InChI is InChI=1S/C13H19N2O3P/c16-13(17)12-7-6-11(8-15(12)19)14-18-9-10-4-2-1-3-5-10/h1-5,11-12,14H,6-9,19H2,(H,16,17)/t11-,12+/m1/s1. The van der Waals surface area contributed by atoms with E-state index < -0.39 is 12.0 Å². The molecule has 1 heterocycles. The molecule has 1 aliphatic heterocycles. The molecule has 1 aromatic rings. The molecule has 1 fully saturated rings. The Bertz CT molecular complexity index is 416. The average Bonchev–Trinajstić information content (AvgIpc) is 2.39. The molecule has 2 rings (SSSR count). The first-order valence-electron chi connectivity index (χ1n) is 6.32. The summed E-state index contributed by atoms with van der Waals surface area (Å²) in [6.07, 6.45) is 1.43. The van der Waals surface area contributed by atoms with Crippen molar-refractivity contribution in [3.63, 3.8) is 0 Å². The Morgan fingerprint density at radius 3 is 2.79 bits per heavy atom. The van der Waals surface area contributed by atoms with Gasteiger partial charge in [0, 0.05) is 12.6 Å². The van der Waals surface area contributed by atoms with Gasteiger partial charge in [0.2, 0.25) is 0 Å². The van der Waals surface area contributed by atoms with Gasteiger partial charge >= 0.3 is 5.97 Å². The van der Waals surface area contributed by atoms with Crippen LogP contribution >= 0.6 is 9.39 Å². The van der Waals surface area contributed by atoms with Gasteiger partial charge in [0.05, 0.1) is 6.61 Å². The van der Waals surface area contributed by atoms with Crippen molar-refractivity contribution in [2.75, 3.05) is 6.54 Å². The third-order valence-electron chi connectivity index (χ3n) is 3.24. The maximum atomic E-state index is 11.0. The Balaban J connectivity index is 1.72. The van der Waals surface area contributed by atoms with Crippen molar-refractivity contribution in [3.8, 4) is 0 Å². The van der Waals surface area contributed by atoms with Gasteiger partial charge in [0.25, 0.3) is 0 Å². The summed E-state index contributed by atoms with van der Waals surface area (Å²) in [6.45, 7) is 1.16. The summed E-state index contributed by atoms with van der Waals surface area (Å²) in [4.78, 5) is 16.4. The normalized spacial score (nSPS) is 24.3. The lowest BCUT2D eigenvalue weighted by molar-refractivity contribution is -0.142. The summed E-state index contributed by atoms with van der Waals surface area (Å²) in [6, 6.07) is 9.68. The number of aliphatic carboxylic acids is 1. The molecule has 1 aliphatic rings. The molecule has 5 nitrogen and oxygen atoms in total. The highest BCUT2D eigenvalue weighted by Gasteiger charge is 2.30. The fraction of sp³-hybridized carbons (Fsp3) is 0.462. The first kappa shape index (κ1) is 14.4. The molecular weight excluding hydrogens is 263 g/mol. The smallest absolute Gasteiger partial charge is 0.321 e. The van der Waals surface area contributed by atoms with Crippen molar-refractivity contribution in [1.29, 1.82) is 0 Å². The highest BCUT2D eigenvalue weighted by Crippen LogP contribution is 2.21.